The number of aromatic nitrogens is 1. The molecule has 3 rings (SSSR count). The van der Waals surface area contributed by atoms with E-state index >= 15 is 0 Å². The van der Waals surface area contributed by atoms with Crippen molar-refractivity contribution in [3.63, 3.8) is 0 Å². The Hall–Kier alpha value is -2.60. The van der Waals surface area contributed by atoms with Gasteiger partial charge in [0.05, 0.1) is 12.0 Å². The van der Waals surface area contributed by atoms with Gasteiger partial charge in [0.1, 0.15) is 5.52 Å². The van der Waals surface area contributed by atoms with Crippen molar-refractivity contribution in [1.82, 2.24) is 10.4 Å². The predicted octanol–water partition coefficient (Wildman–Crippen LogP) is 3.38. The first kappa shape index (κ1) is 15.3. The molecule has 0 saturated heterocycles. The Morgan fingerprint density at radius 3 is 2.83 bits per heavy atom. The van der Waals surface area contributed by atoms with Crippen LogP contribution in [0.15, 0.2) is 63.3 Å². The first-order valence-electron chi connectivity index (χ1n) is 7.08. The van der Waals surface area contributed by atoms with Crippen molar-refractivity contribution in [3.8, 4) is 0 Å². The number of oxazole rings is 1. The van der Waals surface area contributed by atoms with Gasteiger partial charge >= 0.3 is 0 Å². The number of benzene rings is 2. The number of amides is 1. The van der Waals surface area contributed by atoms with E-state index in [1.807, 2.05) is 55.5 Å². The van der Waals surface area contributed by atoms with Gasteiger partial charge in [0.25, 0.3) is 11.1 Å². The van der Waals surface area contributed by atoms with E-state index in [9.17, 15) is 4.79 Å². The number of nitrogens with one attached hydrogen (secondary N) is 1. The fraction of sp³-hybridized carbons (Fsp3) is 0.118. The van der Waals surface area contributed by atoms with Crippen molar-refractivity contribution < 1.29 is 9.21 Å². The third kappa shape index (κ3) is 4.20. The number of hydrogen-bond donors (Lipinski definition) is 1. The summed E-state index contributed by atoms with van der Waals surface area (Å²) in [6.45, 7) is 2.02. The van der Waals surface area contributed by atoms with Gasteiger partial charge in [0, 0.05) is 0 Å². The molecule has 6 heteroatoms. The maximum atomic E-state index is 11.8. The SMILES string of the molecule is Cc1ccc(/C=N/NC(=O)CSc2nc3ccccc3o2)cc1. The molecule has 0 fully saturated rings. The lowest BCUT2D eigenvalue weighted by Crippen LogP contribution is -2.19. The normalized spacial score (nSPS) is 11.2. The van der Waals surface area contributed by atoms with Crippen LogP contribution in [0.2, 0.25) is 0 Å². The number of carbonyl (C=O) groups excluding carboxylic acids is 1. The summed E-state index contributed by atoms with van der Waals surface area (Å²) in [5.74, 6) is -0.0152. The summed E-state index contributed by atoms with van der Waals surface area (Å²) in [6, 6.07) is 15.4. The van der Waals surface area contributed by atoms with Gasteiger partial charge in [-0.3, -0.25) is 4.79 Å². The lowest BCUT2D eigenvalue weighted by Gasteiger charge is -1.97. The number of thioether (sulfide) groups is 1. The van der Waals surface area contributed by atoms with E-state index in [0.29, 0.717) is 10.8 Å². The van der Waals surface area contributed by atoms with Crippen LogP contribution in [0.1, 0.15) is 11.1 Å². The lowest BCUT2D eigenvalue weighted by molar-refractivity contribution is -0.118. The summed E-state index contributed by atoms with van der Waals surface area (Å²) in [5.41, 5.74) is 6.10. The number of rotatable bonds is 5. The fourth-order valence-electron chi connectivity index (χ4n) is 1.90. The van der Waals surface area contributed by atoms with E-state index in [2.05, 4.69) is 15.5 Å². The Balaban J connectivity index is 1.50. The van der Waals surface area contributed by atoms with Crippen molar-refractivity contribution in [2.24, 2.45) is 5.10 Å². The van der Waals surface area contributed by atoms with Crippen LogP contribution in [-0.2, 0) is 4.79 Å². The molecular weight excluding hydrogens is 310 g/mol. The maximum absolute atomic E-state index is 11.8. The maximum Gasteiger partial charge on any atom is 0.257 e. The van der Waals surface area contributed by atoms with Crippen LogP contribution in [0, 0.1) is 6.92 Å². The molecule has 0 aliphatic rings. The topological polar surface area (TPSA) is 67.5 Å². The van der Waals surface area contributed by atoms with Crippen molar-refractivity contribution in [2.75, 3.05) is 5.75 Å². The zero-order chi connectivity index (χ0) is 16.1. The summed E-state index contributed by atoms with van der Waals surface area (Å²) in [4.78, 5) is 16.1. The Morgan fingerprint density at radius 1 is 1.26 bits per heavy atom. The van der Waals surface area contributed by atoms with E-state index in [-0.39, 0.29) is 11.7 Å². The third-order valence-corrected chi connectivity index (χ3v) is 3.91. The predicted molar refractivity (Wildman–Crippen MR) is 91.6 cm³/mol. The van der Waals surface area contributed by atoms with E-state index in [1.54, 1.807) is 6.21 Å². The van der Waals surface area contributed by atoms with Gasteiger partial charge in [-0.1, -0.05) is 53.7 Å². The quantitative estimate of drug-likeness (QED) is 0.444. The van der Waals surface area contributed by atoms with Crippen LogP contribution in [0.3, 0.4) is 0 Å². The second-order valence-corrected chi connectivity index (χ2v) is 5.87. The van der Waals surface area contributed by atoms with Crippen LogP contribution in [-0.4, -0.2) is 22.9 Å². The Kier molecular flexibility index (Phi) is 4.73. The minimum absolute atomic E-state index is 0.193. The molecule has 2 aromatic carbocycles. The molecule has 0 aliphatic carbocycles. The molecule has 0 saturated carbocycles. The molecule has 1 amide bonds. The molecule has 0 radical (unpaired) electrons. The molecule has 116 valence electrons. The zero-order valence-corrected chi connectivity index (χ0v) is 13.3. The van der Waals surface area contributed by atoms with Gasteiger partial charge in [0.2, 0.25) is 0 Å². The molecule has 23 heavy (non-hydrogen) atoms. The van der Waals surface area contributed by atoms with Crippen LogP contribution in [0.4, 0.5) is 0 Å². The van der Waals surface area contributed by atoms with E-state index in [0.717, 1.165) is 11.1 Å². The number of hydrazone groups is 1. The van der Waals surface area contributed by atoms with Crippen LogP contribution < -0.4 is 5.43 Å². The van der Waals surface area contributed by atoms with Crippen LogP contribution >= 0.6 is 11.8 Å². The molecule has 3 aromatic rings. The zero-order valence-electron chi connectivity index (χ0n) is 12.5. The largest absolute Gasteiger partial charge is 0.431 e. The first-order chi connectivity index (χ1) is 11.2. The molecule has 1 N–H and O–H groups in total. The number of para-hydroxylation sites is 2. The van der Waals surface area contributed by atoms with E-state index in [4.69, 9.17) is 4.42 Å². The summed E-state index contributed by atoms with van der Waals surface area (Å²) < 4.78 is 5.54. The fourth-order valence-corrected chi connectivity index (χ4v) is 2.53. The molecule has 1 heterocycles. The van der Waals surface area contributed by atoms with E-state index < -0.39 is 0 Å². The smallest absolute Gasteiger partial charge is 0.257 e. The number of fused-ring (bicyclic) bond motifs is 1. The minimum atomic E-state index is -0.208. The highest BCUT2D eigenvalue weighted by atomic mass is 32.2. The van der Waals surface area contributed by atoms with Gasteiger partial charge in [-0.25, -0.2) is 10.4 Å². The Labute approximate surface area is 137 Å². The van der Waals surface area contributed by atoms with Crippen molar-refractivity contribution >= 4 is 35.0 Å². The molecule has 0 aliphatic heterocycles. The molecule has 0 spiro atoms. The average Bonchev–Trinajstić information content (AvgIpc) is 2.98. The molecule has 0 bridgehead atoms. The number of aryl methyl sites for hydroxylation is 1. The average molecular weight is 325 g/mol. The number of nitrogens with zero attached hydrogens (tertiary/aromatic N) is 2. The van der Waals surface area contributed by atoms with Gasteiger partial charge in [-0.2, -0.15) is 5.10 Å². The highest BCUT2D eigenvalue weighted by molar-refractivity contribution is 7.99. The van der Waals surface area contributed by atoms with Crippen LogP contribution in [0.25, 0.3) is 11.1 Å². The summed E-state index contributed by atoms with van der Waals surface area (Å²) in [5, 5.41) is 4.41. The summed E-state index contributed by atoms with van der Waals surface area (Å²) >= 11 is 1.24. The minimum Gasteiger partial charge on any atom is -0.431 e. The van der Waals surface area contributed by atoms with Gasteiger partial charge in [0.15, 0.2) is 5.58 Å². The summed E-state index contributed by atoms with van der Waals surface area (Å²) in [7, 11) is 0. The lowest BCUT2D eigenvalue weighted by atomic mass is 10.2. The number of hydrogen-bond acceptors (Lipinski definition) is 5. The molecular formula is C17H15N3O2S. The second-order valence-electron chi connectivity index (χ2n) is 4.94. The van der Waals surface area contributed by atoms with Crippen molar-refractivity contribution in [1.29, 1.82) is 0 Å². The van der Waals surface area contributed by atoms with Gasteiger partial charge in [-0.15, -0.1) is 0 Å². The molecule has 1 aromatic heterocycles. The van der Waals surface area contributed by atoms with E-state index in [1.165, 1.54) is 17.3 Å². The molecule has 0 atom stereocenters. The first-order valence-corrected chi connectivity index (χ1v) is 8.06. The van der Waals surface area contributed by atoms with Gasteiger partial charge in [-0.05, 0) is 24.6 Å². The Bertz CT molecular complexity index is 807. The second kappa shape index (κ2) is 7.11. The highest BCUT2D eigenvalue weighted by Gasteiger charge is 2.08. The van der Waals surface area contributed by atoms with Crippen molar-refractivity contribution in [3.05, 3.63) is 59.7 Å². The molecule has 5 nitrogen and oxygen atoms in total. The Morgan fingerprint density at radius 2 is 2.04 bits per heavy atom. The third-order valence-electron chi connectivity index (χ3n) is 3.08. The number of carbonyl (C=O) groups is 1. The highest BCUT2D eigenvalue weighted by Crippen LogP contribution is 2.22. The summed E-state index contributed by atoms with van der Waals surface area (Å²) in [6.07, 6.45) is 1.61. The standard InChI is InChI=1S/C17H15N3O2S/c1-12-6-8-13(9-7-12)10-18-20-16(21)11-23-17-19-14-4-2-3-5-15(14)22-17/h2-10H,11H2,1H3,(H,20,21)/b18-10+. The van der Waals surface area contributed by atoms with Crippen LogP contribution in [0.5, 0.6) is 0 Å². The monoisotopic (exact) mass is 325 g/mol. The van der Waals surface area contributed by atoms with Crippen molar-refractivity contribution in [2.45, 2.75) is 12.1 Å². The van der Waals surface area contributed by atoms with Gasteiger partial charge < -0.3 is 4.42 Å². The molecule has 0 unspecified atom stereocenters.